The van der Waals surface area contributed by atoms with E-state index in [1.807, 2.05) is 18.2 Å². The first-order chi connectivity index (χ1) is 16.4. The number of hydrogen-bond acceptors (Lipinski definition) is 6. The van der Waals surface area contributed by atoms with E-state index < -0.39 is 0 Å². The number of anilines is 1. The number of phenols is 1. The third kappa shape index (κ3) is 4.25. The summed E-state index contributed by atoms with van der Waals surface area (Å²) in [6.07, 6.45) is 3.36. The highest BCUT2D eigenvalue weighted by Crippen LogP contribution is 2.43. The molecule has 1 N–H and O–H groups in total. The molecular formula is C26H23Cl2N3O3. The van der Waals surface area contributed by atoms with Gasteiger partial charge in [0.2, 0.25) is 5.78 Å². The highest BCUT2D eigenvalue weighted by atomic mass is 35.5. The number of aromatic hydroxyl groups is 1. The van der Waals surface area contributed by atoms with Gasteiger partial charge in [-0.15, -0.1) is 0 Å². The maximum absolute atomic E-state index is 13.2. The topological polar surface area (TPSA) is 65.9 Å². The lowest BCUT2D eigenvalue weighted by Gasteiger charge is -2.35. The number of nitrogens with zero attached hydrogens (tertiary/aromatic N) is 3. The van der Waals surface area contributed by atoms with Crippen molar-refractivity contribution in [1.82, 2.24) is 9.88 Å². The van der Waals surface area contributed by atoms with E-state index in [4.69, 9.17) is 27.9 Å². The molecule has 1 fully saturated rings. The number of aromatic nitrogens is 1. The zero-order valence-electron chi connectivity index (χ0n) is 18.6. The van der Waals surface area contributed by atoms with Crippen LogP contribution in [0.2, 0.25) is 10.0 Å². The number of hydrogen-bond donors (Lipinski definition) is 1. The van der Waals surface area contributed by atoms with E-state index in [9.17, 15) is 9.90 Å². The summed E-state index contributed by atoms with van der Waals surface area (Å²) in [5.74, 6) is 1.38. The van der Waals surface area contributed by atoms with Crippen LogP contribution in [0.25, 0.3) is 6.08 Å². The third-order valence-corrected chi connectivity index (χ3v) is 6.88. The van der Waals surface area contributed by atoms with E-state index in [1.54, 1.807) is 43.5 Å². The maximum Gasteiger partial charge on any atom is 0.232 e. The molecule has 0 spiro atoms. The van der Waals surface area contributed by atoms with Crippen molar-refractivity contribution in [2.75, 3.05) is 31.1 Å². The SMILES string of the molecule is Cc1cc(O)c(CN2CCN(c3ccccn3)CC2)c2c1C(=O)/C(=C/c1c(Cl)cccc1Cl)O2. The van der Waals surface area contributed by atoms with Crippen molar-refractivity contribution in [1.29, 1.82) is 0 Å². The van der Waals surface area contributed by atoms with E-state index in [0.29, 0.717) is 44.6 Å². The number of ketones is 1. The fourth-order valence-corrected chi connectivity index (χ4v) is 4.92. The number of Topliss-reactive ketones (excluding diaryl/α,β-unsaturated/α-hetero) is 1. The van der Waals surface area contributed by atoms with Crippen LogP contribution in [-0.4, -0.2) is 47.0 Å². The van der Waals surface area contributed by atoms with Crippen LogP contribution in [0.1, 0.15) is 27.0 Å². The van der Waals surface area contributed by atoms with E-state index in [0.717, 1.165) is 32.0 Å². The number of carbonyl (C=O) groups is 1. The standard InChI is InChI=1S/C26H23Cl2N3O3/c1-16-13-21(32)18(15-30-9-11-31(12-10-30)23-7-2-3-8-29-23)26-24(16)25(33)22(34-26)14-17-19(27)5-4-6-20(17)28/h2-8,13-14,32H,9-12,15H2,1H3/b22-14-. The molecule has 0 atom stereocenters. The predicted octanol–water partition coefficient (Wildman–Crippen LogP) is 5.34. The smallest absolute Gasteiger partial charge is 0.232 e. The fraction of sp³-hybridized carbons (Fsp3) is 0.231. The van der Waals surface area contributed by atoms with Gasteiger partial charge in [-0.05, 0) is 48.9 Å². The van der Waals surface area contributed by atoms with Gasteiger partial charge in [-0.2, -0.15) is 0 Å². The Balaban J connectivity index is 1.40. The molecule has 8 heteroatoms. The fourth-order valence-electron chi connectivity index (χ4n) is 4.41. The number of fused-ring (bicyclic) bond motifs is 1. The van der Waals surface area contributed by atoms with E-state index in [2.05, 4.69) is 14.8 Å². The van der Waals surface area contributed by atoms with Crippen LogP contribution in [0.15, 0.2) is 54.4 Å². The number of pyridine rings is 1. The molecule has 174 valence electrons. The Morgan fingerprint density at radius 3 is 2.50 bits per heavy atom. The minimum atomic E-state index is -0.246. The molecule has 0 bridgehead atoms. The van der Waals surface area contributed by atoms with Crippen LogP contribution in [0.3, 0.4) is 0 Å². The van der Waals surface area contributed by atoms with Gasteiger partial charge in [-0.3, -0.25) is 9.69 Å². The molecule has 0 unspecified atom stereocenters. The molecule has 0 radical (unpaired) electrons. The van der Waals surface area contributed by atoms with Crippen molar-refractivity contribution in [2.45, 2.75) is 13.5 Å². The van der Waals surface area contributed by atoms with Gasteiger partial charge in [0.05, 0.1) is 11.1 Å². The molecule has 1 aromatic heterocycles. The quantitative estimate of drug-likeness (QED) is 0.492. The largest absolute Gasteiger partial charge is 0.507 e. The minimum absolute atomic E-state index is 0.119. The van der Waals surface area contributed by atoms with Crippen molar-refractivity contribution < 1.29 is 14.6 Å². The lowest BCUT2D eigenvalue weighted by molar-refractivity contribution is 0.101. The summed E-state index contributed by atoms with van der Waals surface area (Å²) in [6, 6.07) is 12.7. The van der Waals surface area contributed by atoms with E-state index in [1.165, 1.54) is 0 Å². The Morgan fingerprint density at radius 1 is 1.09 bits per heavy atom. The number of piperazine rings is 1. The van der Waals surface area contributed by atoms with Crippen molar-refractivity contribution in [3.8, 4) is 11.5 Å². The van der Waals surface area contributed by atoms with Gasteiger partial charge in [-0.25, -0.2) is 4.98 Å². The number of aryl methyl sites for hydroxylation is 1. The molecule has 2 aromatic carbocycles. The molecule has 6 nitrogen and oxygen atoms in total. The minimum Gasteiger partial charge on any atom is -0.507 e. The summed E-state index contributed by atoms with van der Waals surface area (Å²) in [6.45, 7) is 5.50. The van der Waals surface area contributed by atoms with Gasteiger partial charge < -0.3 is 14.7 Å². The number of allylic oxidation sites excluding steroid dienone is 1. The van der Waals surface area contributed by atoms with Gasteiger partial charge >= 0.3 is 0 Å². The molecular weight excluding hydrogens is 473 g/mol. The Morgan fingerprint density at radius 2 is 1.82 bits per heavy atom. The summed E-state index contributed by atoms with van der Waals surface area (Å²) in [7, 11) is 0. The Kier molecular flexibility index (Phi) is 6.21. The summed E-state index contributed by atoms with van der Waals surface area (Å²) >= 11 is 12.6. The summed E-state index contributed by atoms with van der Waals surface area (Å²) in [5.41, 5.74) is 2.26. The van der Waals surface area contributed by atoms with Gasteiger partial charge in [0.1, 0.15) is 17.3 Å². The van der Waals surface area contributed by atoms with Crippen LogP contribution in [-0.2, 0) is 6.54 Å². The van der Waals surface area contributed by atoms with Crippen molar-refractivity contribution in [2.24, 2.45) is 0 Å². The highest BCUT2D eigenvalue weighted by Gasteiger charge is 2.34. The van der Waals surface area contributed by atoms with Gasteiger partial charge in [0, 0.05) is 54.5 Å². The summed E-state index contributed by atoms with van der Waals surface area (Å²) in [5, 5.41) is 11.6. The second-order valence-electron chi connectivity index (χ2n) is 8.42. The lowest BCUT2D eigenvalue weighted by Crippen LogP contribution is -2.46. The number of rotatable bonds is 4. The molecule has 5 rings (SSSR count). The lowest BCUT2D eigenvalue weighted by atomic mass is 9.99. The van der Waals surface area contributed by atoms with Crippen LogP contribution in [0, 0.1) is 6.92 Å². The number of halogens is 2. The number of carbonyl (C=O) groups excluding carboxylic acids is 1. The van der Waals surface area contributed by atoms with Gasteiger partial charge in [0.15, 0.2) is 5.76 Å². The molecule has 3 heterocycles. The molecule has 0 aliphatic carbocycles. The summed E-state index contributed by atoms with van der Waals surface area (Å²) < 4.78 is 6.05. The zero-order chi connectivity index (χ0) is 23.8. The first-order valence-electron chi connectivity index (χ1n) is 11.0. The van der Waals surface area contributed by atoms with Crippen LogP contribution in [0.4, 0.5) is 5.82 Å². The number of benzene rings is 2. The van der Waals surface area contributed by atoms with Crippen molar-refractivity contribution in [3.05, 3.63) is 86.7 Å². The average Bonchev–Trinajstić information content (AvgIpc) is 3.16. The Hall–Kier alpha value is -3.06. The van der Waals surface area contributed by atoms with Crippen LogP contribution < -0.4 is 9.64 Å². The normalized spacial score (nSPS) is 17.2. The average molecular weight is 496 g/mol. The first-order valence-corrected chi connectivity index (χ1v) is 11.8. The molecule has 34 heavy (non-hydrogen) atoms. The molecule has 3 aromatic rings. The zero-order valence-corrected chi connectivity index (χ0v) is 20.1. The van der Waals surface area contributed by atoms with Crippen molar-refractivity contribution >= 4 is 40.9 Å². The first kappa shape index (κ1) is 22.7. The monoisotopic (exact) mass is 495 g/mol. The second kappa shape index (κ2) is 9.29. The molecule has 0 amide bonds. The highest BCUT2D eigenvalue weighted by molar-refractivity contribution is 6.37. The number of phenolic OH excluding ortho intramolecular Hbond substituents is 1. The van der Waals surface area contributed by atoms with E-state index in [-0.39, 0.29) is 17.3 Å². The Bertz CT molecular complexity index is 1270. The van der Waals surface area contributed by atoms with Crippen LogP contribution in [0.5, 0.6) is 11.5 Å². The molecule has 2 aliphatic rings. The number of ether oxygens (including phenoxy) is 1. The second-order valence-corrected chi connectivity index (χ2v) is 9.24. The Labute approximate surface area is 208 Å². The molecule has 0 saturated carbocycles. The van der Waals surface area contributed by atoms with Gasteiger partial charge in [0.25, 0.3) is 0 Å². The van der Waals surface area contributed by atoms with E-state index >= 15 is 0 Å². The third-order valence-electron chi connectivity index (χ3n) is 6.22. The van der Waals surface area contributed by atoms with Gasteiger partial charge in [-0.1, -0.05) is 35.3 Å². The van der Waals surface area contributed by atoms with Crippen LogP contribution >= 0.6 is 23.2 Å². The summed E-state index contributed by atoms with van der Waals surface area (Å²) in [4.78, 5) is 22.1. The van der Waals surface area contributed by atoms with Crippen molar-refractivity contribution in [3.63, 3.8) is 0 Å². The maximum atomic E-state index is 13.2. The molecule has 2 aliphatic heterocycles. The predicted molar refractivity (Wildman–Crippen MR) is 134 cm³/mol. The molecule has 1 saturated heterocycles.